The van der Waals surface area contributed by atoms with Gasteiger partial charge < -0.3 is 25.6 Å². The van der Waals surface area contributed by atoms with Crippen LogP contribution in [0.2, 0.25) is 0 Å². The van der Waals surface area contributed by atoms with Gasteiger partial charge >= 0.3 is 6.18 Å². The maximum atomic E-state index is 13.1. The number of nitrogens with zero attached hydrogens (tertiary/aromatic N) is 2. The number of aromatic amines is 1. The molecular weight excluding hydrogens is 547 g/mol. The van der Waals surface area contributed by atoms with E-state index in [-0.39, 0.29) is 34.4 Å². The normalized spacial score (nSPS) is 24.1. The van der Waals surface area contributed by atoms with E-state index in [0.29, 0.717) is 23.9 Å². The SMILES string of the molecule is Cc1cc(C(F)(F)F)nc2sc(C(=O)NCc3cn[nH]c3-c3cccc(NC[C@H]4C[C@@H]5O[C@H]4[C@@H](O)[C@H]5O)c3)cc12. The maximum absolute atomic E-state index is 13.1. The minimum Gasteiger partial charge on any atom is -0.388 e. The van der Waals surface area contributed by atoms with Gasteiger partial charge in [-0.05, 0) is 43.2 Å². The fraction of sp³-hybridized carbons (Fsp3) is 0.370. The number of aromatic nitrogens is 3. The van der Waals surface area contributed by atoms with E-state index in [9.17, 15) is 28.2 Å². The van der Waals surface area contributed by atoms with Crippen LogP contribution >= 0.6 is 11.3 Å². The van der Waals surface area contributed by atoms with Gasteiger partial charge in [0.1, 0.15) is 22.7 Å². The number of aliphatic hydroxyl groups excluding tert-OH is 2. The predicted octanol–water partition coefficient (Wildman–Crippen LogP) is 3.86. The minimum atomic E-state index is -4.56. The fourth-order valence-corrected chi connectivity index (χ4v) is 6.44. The number of benzene rings is 1. The molecule has 3 aromatic heterocycles. The summed E-state index contributed by atoms with van der Waals surface area (Å²) in [5.41, 5.74) is 2.57. The Hall–Kier alpha value is -3.52. The van der Waals surface area contributed by atoms with Crippen molar-refractivity contribution in [3.05, 3.63) is 64.3 Å². The van der Waals surface area contributed by atoms with Crippen LogP contribution in [0.4, 0.5) is 18.9 Å². The van der Waals surface area contributed by atoms with E-state index in [1.165, 1.54) is 0 Å². The second-order valence-corrected chi connectivity index (χ2v) is 11.2. The number of pyridine rings is 1. The number of alkyl halides is 3. The van der Waals surface area contributed by atoms with E-state index in [1.807, 2.05) is 24.3 Å². The van der Waals surface area contributed by atoms with E-state index in [1.54, 1.807) is 19.2 Å². The van der Waals surface area contributed by atoms with E-state index in [2.05, 4.69) is 25.8 Å². The molecule has 40 heavy (non-hydrogen) atoms. The van der Waals surface area contributed by atoms with Crippen molar-refractivity contribution in [3.8, 4) is 11.3 Å². The van der Waals surface area contributed by atoms with Gasteiger partial charge in [0.2, 0.25) is 0 Å². The number of ether oxygens (including phenoxy) is 1. The van der Waals surface area contributed by atoms with Crippen molar-refractivity contribution >= 4 is 33.1 Å². The number of rotatable bonds is 7. The third-order valence-electron chi connectivity index (χ3n) is 7.50. The first kappa shape index (κ1) is 26.7. The van der Waals surface area contributed by atoms with Gasteiger partial charge in [-0.25, -0.2) is 4.98 Å². The topological polar surface area (TPSA) is 132 Å². The molecule has 2 aliphatic rings. The van der Waals surface area contributed by atoms with Crippen LogP contribution in [-0.4, -0.2) is 62.3 Å². The third-order valence-corrected chi connectivity index (χ3v) is 8.53. The first-order valence-corrected chi connectivity index (χ1v) is 13.5. The van der Waals surface area contributed by atoms with Crippen molar-refractivity contribution in [2.45, 2.75) is 50.5 Å². The molecule has 0 radical (unpaired) electrons. The molecule has 1 amide bonds. The molecule has 210 valence electrons. The van der Waals surface area contributed by atoms with Crippen LogP contribution in [0.1, 0.15) is 32.9 Å². The van der Waals surface area contributed by atoms with Crippen molar-refractivity contribution in [2.75, 3.05) is 11.9 Å². The molecule has 5 N–H and O–H groups in total. The Morgan fingerprint density at radius 1 is 1.23 bits per heavy atom. The van der Waals surface area contributed by atoms with E-state index < -0.39 is 30.0 Å². The highest BCUT2D eigenvalue weighted by Crippen LogP contribution is 2.39. The van der Waals surface area contributed by atoms with Crippen molar-refractivity contribution < 1.29 is 32.9 Å². The average molecular weight is 574 g/mol. The molecule has 4 aromatic rings. The van der Waals surface area contributed by atoms with E-state index >= 15 is 0 Å². The number of aliphatic hydroxyl groups is 2. The molecule has 9 nitrogen and oxygen atoms in total. The zero-order chi connectivity index (χ0) is 28.2. The lowest BCUT2D eigenvalue weighted by Crippen LogP contribution is -2.43. The number of thiophene rings is 1. The largest absolute Gasteiger partial charge is 0.433 e. The highest BCUT2D eigenvalue weighted by Gasteiger charge is 2.52. The summed E-state index contributed by atoms with van der Waals surface area (Å²) in [6, 6.07) is 10.2. The lowest BCUT2D eigenvalue weighted by molar-refractivity contribution is -0.141. The summed E-state index contributed by atoms with van der Waals surface area (Å²) in [6.07, 6.45) is -4.68. The fourth-order valence-electron chi connectivity index (χ4n) is 5.41. The standard InChI is InChI=1S/C27H26F3N5O4S/c1-12-5-20(27(28,29)30)34-26-17(12)8-19(40-26)25(38)32-10-15-11-33-35-21(15)13-3-2-4-16(6-13)31-9-14-7-18-22(36)23(37)24(14)39-18/h2-6,8,11,14,18,22-24,31,36-37H,7,9-10H2,1H3,(H,32,38)(H,33,35)/t14-,18+,22+,23+,24-/m1/s1. The quantitative estimate of drug-likeness (QED) is 0.227. The first-order valence-electron chi connectivity index (χ1n) is 12.7. The second-order valence-electron chi connectivity index (χ2n) is 10.2. The molecule has 0 spiro atoms. The van der Waals surface area contributed by atoms with Gasteiger partial charge in [0.05, 0.1) is 29.0 Å². The zero-order valence-electron chi connectivity index (χ0n) is 21.2. The van der Waals surface area contributed by atoms with Gasteiger partial charge in [-0.15, -0.1) is 11.3 Å². The molecule has 13 heteroatoms. The van der Waals surface area contributed by atoms with Gasteiger partial charge in [0.15, 0.2) is 0 Å². The lowest BCUT2D eigenvalue weighted by atomic mass is 9.85. The van der Waals surface area contributed by atoms with Gasteiger partial charge in [-0.1, -0.05) is 12.1 Å². The van der Waals surface area contributed by atoms with Crippen molar-refractivity contribution in [2.24, 2.45) is 5.92 Å². The molecule has 2 aliphatic heterocycles. The summed E-state index contributed by atoms with van der Waals surface area (Å²) >= 11 is 0.917. The van der Waals surface area contributed by atoms with E-state index in [0.717, 1.165) is 39.9 Å². The molecule has 2 saturated heterocycles. The second kappa shape index (κ2) is 10.1. The number of anilines is 1. The number of amides is 1. The van der Waals surface area contributed by atoms with Crippen molar-refractivity contribution in [3.63, 3.8) is 0 Å². The van der Waals surface area contributed by atoms with Crippen LogP contribution in [0.25, 0.3) is 21.5 Å². The Balaban J connectivity index is 1.12. The maximum Gasteiger partial charge on any atom is 0.433 e. The van der Waals surface area contributed by atoms with Gasteiger partial charge in [-0.3, -0.25) is 9.89 Å². The summed E-state index contributed by atoms with van der Waals surface area (Å²) in [6.45, 7) is 2.29. The van der Waals surface area contributed by atoms with Crippen LogP contribution in [0.15, 0.2) is 42.6 Å². The van der Waals surface area contributed by atoms with Crippen LogP contribution in [-0.2, 0) is 17.5 Å². The first-order chi connectivity index (χ1) is 19.1. The molecule has 0 unspecified atom stereocenters. The average Bonchev–Trinajstić information content (AvgIpc) is 3.71. The number of carbonyl (C=O) groups excluding carboxylic acids is 1. The highest BCUT2D eigenvalue weighted by atomic mass is 32.1. The van der Waals surface area contributed by atoms with Gasteiger partial charge in [-0.2, -0.15) is 18.3 Å². The van der Waals surface area contributed by atoms with Gasteiger partial charge in [0.25, 0.3) is 5.91 Å². The lowest BCUT2D eigenvalue weighted by Gasteiger charge is -2.26. The van der Waals surface area contributed by atoms with Crippen molar-refractivity contribution in [1.29, 1.82) is 0 Å². The van der Waals surface area contributed by atoms with Crippen LogP contribution in [0.5, 0.6) is 0 Å². The monoisotopic (exact) mass is 573 g/mol. The molecule has 5 heterocycles. The number of hydrogen-bond donors (Lipinski definition) is 5. The Morgan fingerprint density at radius 3 is 2.80 bits per heavy atom. The molecule has 6 rings (SSSR count). The number of nitrogens with one attached hydrogen (secondary N) is 3. The Morgan fingerprint density at radius 2 is 2.05 bits per heavy atom. The number of aryl methyl sites for hydroxylation is 1. The molecule has 0 saturated carbocycles. The number of H-pyrrole nitrogens is 1. The minimum absolute atomic E-state index is 0.0814. The van der Waals surface area contributed by atoms with Gasteiger partial charge in [0, 0.05) is 41.2 Å². The predicted molar refractivity (Wildman–Crippen MR) is 142 cm³/mol. The summed E-state index contributed by atoms with van der Waals surface area (Å²) in [7, 11) is 0. The number of halogens is 3. The van der Waals surface area contributed by atoms with Crippen LogP contribution < -0.4 is 10.6 Å². The number of fused-ring (bicyclic) bond motifs is 3. The zero-order valence-corrected chi connectivity index (χ0v) is 22.0. The Labute approximate surface area is 230 Å². The Kier molecular flexibility index (Phi) is 6.77. The molecule has 5 atom stereocenters. The summed E-state index contributed by atoms with van der Waals surface area (Å²) in [5.74, 6) is -0.336. The molecule has 1 aromatic carbocycles. The molecule has 2 bridgehead atoms. The highest BCUT2D eigenvalue weighted by molar-refractivity contribution is 7.20. The third kappa shape index (κ3) is 4.94. The summed E-state index contributed by atoms with van der Waals surface area (Å²) in [5, 5.41) is 33.8. The number of hydrogen-bond acceptors (Lipinski definition) is 8. The summed E-state index contributed by atoms with van der Waals surface area (Å²) < 4.78 is 45.1. The molecular formula is C27H26F3N5O4S. The smallest absolute Gasteiger partial charge is 0.388 e. The number of carbonyl (C=O) groups is 1. The molecule has 2 fully saturated rings. The van der Waals surface area contributed by atoms with Crippen molar-refractivity contribution in [1.82, 2.24) is 20.5 Å². The van der Waals surface area contributed by atoms with Crippen LogP contribution in [0, 0.1) is 12.8 Å². The summed E-state index contributed by atoms with van der Waals surface area (Å²) in [4.78, 5) is 17.0. The van der Waals surface area contributed by atoms with Crippen LogP contribution in [0.3, 0.4) is 0 Å². The molecule has 0 aliphatic carbocycles. The Bertz CT molecular complexity index is 1570. The van der Waals surface area contributed by atoms with E-state index in [4.69, 9.17) is 4.74 Å².